The van der Waals surface area contributed by atoms with Gasteiger partial charge in [0.2, 0.25) is 11.9 Å². The predicted molar refractivity (Wildman–Crippen MR) is 116 cm³/mol. The van der Waals surface area contributed by atoms with Gasteiger partial charge in [-0.2, -0.15) is 0 Å². The van der Waals surface area contributed by atoms with Crippen LogP contribution in [0.15, 0.2) is 47.8 Å². The molecule has 2 aromatic heterocycles. The lowest BCUT2D eigenvalue weighted by molar-refractivity contribution is -0.114. The van der Waals surface area contributed by atoms with Crippen LogP contribution in [0.1, 0.15) is 12.6 Å². The van der Waals surface area contributed by atoms with E-state index in [1.807, 2.05) is 18.4 Å². The van der Waals surface area contributed by atoms with Crippen LogP contribution in [0.25, 0.3) is 11.0 Å². The Morgan fingerprint density at radius 1 is 1.00 bits per heavy atom. The summed E-state index contributed by atoms with van der Waals surface area (Å²) in [6.07, 6.45) is 0. The summed E-state index contributed by atoms with van der Waals surface area (Å²) < 4.78 is 5.86. The smallest absolute Gasteiger partial charge is 0.325 e. The lowest BCUT2D eigenvalue weighted by Gasteiger charge is -2.08. The molecular weight excluding hydrogens is 404 g/mol. The molecular formula is C20H18N6O3S. The van der Waals surface area contributed by atoms with Gasteiger partial charge < -0.3 is 15.0 Å². The molecule has 3 amide bonds. The number of urea groups is 1. The SMILES string of the molecule is CC(=O)Nc1nc2cc(Oc3ccc(NC(=O)Nc4nc(C)cs4)cc3)ccc2[nH]1. The molecule has 0 fully saturated rings. The molecule has 2 heterocycles. The Hall–Kier alpha value is -3.92. The summed E-state index contributed by atoms with van der Waals surface area (Å²) in [7, 11) is 0. The fraction of sp³-hybridized carbons (Fsp3) is 0.100. The Labute approximate surface area is 175 Å². The van der Waals surface area contributed by atoms with Crippen LogP contribution in [0.3, 0.4) is 0 Å². The molecule has 0 spiro atoms. The van der Waals surface area contributed by atoms with Crippen LogP contribution in [-0.2, 0) is 4.79 Å². The summed E-state index contributed by atoms with van der Waals surface area (Å²) in [4.78, 5) is 34.7. The van der Waals surface area contributed by atoms with Crippen LogP contribution >= 0.6 is 11.3 Å². The quantitative estimate of drug-likeness (QED) is 0.371. The third-order valence-corrected chi connectivity index (χ3v) is 4.81. The summed E-state index contributed by atoms with van der Waals surface area (Å²) in [5.41, 5.74) is 2.93. The number of carbonyl (C=O) groups excluding carboxylic acids is 2. The molecule has 0 unspecified atom stereocenters. The van der Waals surface area contributed by atoms with E-state index in [1.165, 1.54) is 18.3 Å². The largest absolute Gasteiger partial charge is 0.457 e. The minimum atomic E-state index is -0.364. The number of hydrogen-bond donors (Lipinski definition) is 4. The van der Waals surface area contributed by atoms with Gasteiger partial charge >= 0.3 is 6.03 Å². The van der Waals surface area contributed by atoms with Crippen molar-refractivity contribution in [3.63, 3.8) is 0 Å². The van der Waals surface area contributed by atoms with E-state index in [9.17, 15) is 9.59 Å². The molecule has 152 valence electrons. The number of benzene rings is 2. The fourth-order valence-electron chi connectivity index (χ4n) is 2.69. The van der Waals surface area contributed by atoms with Gasteiger partial charge in [-0.15, -0.1) is 11.3 Å². The first-order chi connectivity index (χ1) is 14.4. The van der Waals surface area contributed by atoms with E-state index in [0.717, 1.165) is 11.2 Å². The number of ether oxygens (including phenoxy) is 1. The van der Waals surface area contributed by atoms with Crippen LogP contribution in [0.4, 0.5) is 21.6 Å². The van der Waals surface area contributed by atoms with Crippen molar-refractivity contribution in [2.75, 3.05) is 16.0 Å². The summed E-state index contributed by atoms with van der Waals surface area (Å²) in [6, 6.07) is 12.0. The van der Waals surface area contributed by atoms with Crippen LogP contribution in [-0.4, -0.2) is 26.9 Å². The number of aryl methyl sites for hydroxylation is 1. The minimum Gasteiger partial charge on any atom is -0.457 e. The molecule has 30 heavy (non-hydrogen) atoms. The Bertz CT molecular complexity index is 1210. The van der Waals surface area contributed by atoms with Crippen LogP contribution in [0.5, 0.6) is 11.5 Å². The number of nitrogens with one attached hydrogen (secondary N) is 4. The number of H-pyrrole nitrogens is 1. The van der Waals surface area contributed by atoms with Crippen LogP contribution in [0.2, 0.25) is 0 Å². The molecule has 0 bridgehead atoms. The number of rotatable bonds is 5. The molecule has 4 N–H and O–H groups in total. The third kappa shape index (κ3) is 4.73. The maximum absolute atomic E-state index is 12.0. The molecule has 0 aliphatic carbocycles. The number of aromatic amines is 1. The standard InChI is InChI=1S/C20H18N6O3S/c1-11-10-30-20(21-11)26-19(28)23-13-3-5-14(6-4-13)29-15-7-8-16-17(9-15)25-18(24-16)22-12(2)27/h3-10H,1-2H3,(H2,21,23,26,28)(H2,22,24,25,27). The van der Waals surface area contributed by atoms with Gasteiger partial charge in [0.05, 0.1) is 16.7 Å². The van der Waals surface area contributed by atoms with Gasteiger partial charge in [0, 0.05) is 24.1 Å². The maximum atomic E-state index is 12.0. The van der Waals surface area contributed by atoms with Crippen molar-refractivity contribution in [1.29, 1.82) is 0 Å². The number of nitrogens with zero attached hydrogens (tertiary/aromatic N) is 2. The minimum absolute atomic E-state index is 0.199. The van der Waals surface area contributed by atoms with Crippen molar-refractivity contribution in [3.05, 3.63) is 53.5 Å². The van der Waals surface area contributed by atoms with E-state index in [2.05, 4.69) is 30.9 Å². The number of anilines is 3. The molecule has 0 aliphatic rings. The molecule has 4 aromatic rings. The van der Waals surface area contributed by atoms with Crippen molar-refractivity contribution in [1.82, 2.24) is 15.0 Å². The number of carbonyl (C=O) groups is 2. The van der Waals surface area contributed by atoms with E-state index in [-0.39, 0.29) is 11.9 Å². The molecule has 2 aromatic carbocycles. The summed E-state index contributed by atoms with van der Waals surface area (Å²) in [5.74, 6) is 1.39. The van der Waals surface area contributed by atoms with E-state index in [4.69, 9.17) is 4.74 Å². The second kappa shape index (κ2) is 8.21. The Balaban J connectivity index is 1.39. The van der Waals surface area contributed by atoms with Gasteiger partial charge in [-0.3, -0.25) is 15.4 Å². The molecule has 9 nitrogen and oxygen atoms in total. The molecule has 10 heteroatoms. The van der Waals surface area contributed by atoms with Gasteiger partial charge in [0.25, 0.3) is 0 Å². The summed E-state index contributed by atoms with van der Waals surface area (Å²) in [6.45, 7) is 3.29. The number of aromatic nitrogens is 3. The molecule has 0 saturated carbocycles. The third-order valence-electron chi connectivity index (χ3n) is 3.94. The summed E-state index contributed by atoms with van der Waals surface area (Å²) in [5, 5.41) is 10.5. The Kier molecular flexibility index (Phi) is 5.31. The zero-order valence-electron chi connectivity index (χ0n) is 16.1. The monoisotopic (exact) mass is 422 g/mol. The number of fused-ring (bicyclic) bond motifs is 1. The maximum Gasteiger partial charge on any atom is 0.325 e. The topological polar surface area (TPSA) is 121 Å². The van der Waals surface area contributed by atoms with Crippen molar-refractivity contribution >= 4 is 51.1 Å². The molecule has 0 radical (unpaired) electrons. The Morgan fingerprint density at radius 3 is 2.47 bits per heavy atom. The molecule has 0 atom stereocenters. The second-order valence-electron chi connectivity index (χ2n) is 6.45. The Morgan fingerprint density at radius 2 is 1.77 bits per heavy atom. The van der Waals surface area contributed by atoms with Crippen LogP contribution < -0.4 is 20.7 Å². The fourth-order valence-corrected chi connectivity index (χ4v) is 3.37. The van der Waals surface area contributed by atoms with Gasteiger partial charge in [0.15, 0.2) is 5.13 Å². The molecule has 0 saturated heterocycles. The van der Waals surface area contributed by atoms with Gasteiger partial charge in [-0.05, 0) is 43.3 Å². The second-order valence-corrected chi connectivity index (χ2v) is 7.30. The number of thiazole rings is 1. The van der Waals surface area contributed by atoms with E-state index in [1.54, 1.807) is 36.4 Å². The zero-order chi connectivity index (χ0) is 21.1. The molecule has 0 aliphatic heterocycles. The summed E-state index contributed by atoms with van der Waals surface area (Å²) >= 11 is 1.37. The highest BCUT2D eigenvalue weighted by atomic mass is 32.1. The van der Waals surface area contributed by atoms with E-state index < -0.39 is 0 Å². The van der Waals surface area contributed by atoms with Gasteiger partial charge in [0.1, 0.15) is 11.5 Å². The zero-order valence-corrected chi connectivity index (χ0v) is 17.0. The van der Waals surface area contributed by atoms with Crippen molar-refractivity contribution in [2.45, 2.75) is 13.8 Å². The molecule has 4 rings (SSSR count). The van der Waals surface area contributed by atoms with Crippen molar-refractivity contribution in [2.24, 2.45) is 0 Å². The van der Waals surface area contributed by atoms with E-state index >= 15 is 0 Å². The van der Waals surface area contributed by atoms with Crippen molar-refractivity contribution < 1.29 is 14.3 Å². The number of imidazole rings is 1. The van der Waals surface area contributed by atoms with E-state index in [0.29, 0.717) is 33.8 Å². The van der Waals surface area contributed by atoms with Crippen LogP contribution in [0, 0.1) is 6.92 Å². The van der Waals surface area contributed by atoms with Crippen molar-refractivity contribution in [3.8, 4) is 11.5 Å². The average molecular weight is 422 g/mol. The number of amides is 3. The first kappa shape index (κ1) is 19.4. The predicted octanol–water partition coefficient (Wildman–Crippen LogP) is 4.72. The first-order valence-corrected chi connectivity index (χ1v) is 9.88. The lowest BCUT2D eigenvalue weighted by atomic mass is 10.3. The lowest BCUT2D eigenvalue weighted by Crippen LogP contribution is -2.19. The first-order valence-electron chi connectivity index (χ1n) is 9.00. The highest BCUT2D eigenvalue weighted by Gasteiger charge is 2.08. The highest BCUT2D eigenvalue weighted by molar-refractivity contribution is 7.13. The average Bonchev–Trinajstić information content (AvgIpc) is 3.27. The normalized spacial score (nSPS) is 10.6. The number of hydrogen-bond acceptors (Lipinski definition) is 6. The van der Waals surface area contributed by atoms with Gasteiger partial charge in [-0.25, -0.2) is 14.8 Å². The highest BCUT2D eigenvalue weighted by Crippen LogP contribution is 2.26. The van der Waals surface area contributed by atoms with Gasteiger partial charge in [-0.1, -0.05) is 0 Å².